The molecule has 1 nitrogen and oxygen atoms in total. The summed E-state index contributed by atoms with van der Waals surface area (Å²) >= 11 is 0. The fourth-order valence-electron chi connectivity index (χ4n) is 3.18. The maximum atomic E-state index is 2.40. The average molecular weight is 295 g/mol. The summed E-state index contributed by atoms with van der Waals surface area (Å²) in [6.45, 7) is 22.1. The van der Waals surface area contributed by atoms with E-state index in [2.05, 4.69) is 59.7 Å². The van der Waals surface area contributed by atoms with Crippen molar-refractivity contribution >= 4 is 0 Å². The predicted molar refractivity (Wildman–Crippen MR) is 97.3 cm³/mol. The smallest absolute Gasteiger partial charge is 0.00746 e. The highest BCUT2D eigenvalue weighted by molar-refractivity contribution is 5.43. The van der Waals surface area contributed by atoms with Crippen LogP contribution in [-0.2, 0) is 10.8 Å². The molecule has 1 heteroatoms. The topological polar surface area (TPSA) is 31.5 Å². The second kappa shape index (κ2) is 8.58. The monoisotopic (exact) mass is 294 g/mol. The number of fused-ring (bicyclic) bond motifs is 1. The zero-order valence-electron chi connectivity index (χ0n) is 16.0. The van der Waals surface area contributed by atoms with Crippen LogP contribution in [0, 0.1) is 12.8 Å². The minimum absolute atomic E-state index is 0. The van der Waals surface area contributed by atoms with E-state index in [1.54, 1.807) is 11.1 Å². The molecule has 0 fully saturated rings. The summed E-state index contributed by atoms with van der Waals surface area (Å²) in [4.78, 5) is 0. The van der Waals surface area contributed by atoms with E-state index in [-0.39, 0.29) is 5.48 Å². The van der Waals surface area contributed by atoms with E-state index < -0.39 is 0 Å². The average Bonchev–Trinajstić information content (AvgIpc) is 2.41. The molecular weight excluding hydrogens is 256 g/mol. The van der Waals surface area contributed by atoms with Crippen LogP contribution in [0.4, 0.5) is 0 Å². The molecule has 1 aliphatic rings. The standard InChI is InChI=1S/C16H24.2C2H6.H2O/c1-11-7-8-13-14(9-11)16(5,6)12(2)10-15(13,3)4;2*1-2;/h7-9,12H,10H2,1-6H3;2*1-2H3;1H2. The number of aryl methyl sites for hydroxylation is 1. The van der Waals surface area contributed by atoms with Gasteiger partial charge in [0.2, 0.25) is 0 Å². The second-order valence-corrected chi connectivity index (χ2v) is 6.76. The molecule has 124 valence electrons. The SMILES string of the molecule is CC.CC.Cc1ccc2c(c1)C(C)(C)C(C)CC2(C)C.O. The van der Waals surface area contributed by atoms with Crippen molar-refractivity contribution < 1.29 is 5.48 Å². The maximum Gasteiger partial charge on any atom is -0.00746 e. The van der Waals surface area contributed by atoms with Gasteiger partial charge >= 0.3 is 0 Å². The van der Waals surface area contributed by atoms with Crippen LogP contribution >= 0.6 is 0 Å². The van der Waals surface area contributed by atoms with Crippen LogP contribution in [0.5, 0.6) is 0 Å². The highest BCUT2D eigenvalue weighted by atomic mass is 16.0. The molecule has 1 aromatic carbocycles. The third kappa shape index (κ3) is 4.57. The molecule has 21 heavy (non-hydrogen) atoms. The third-order valence-corrected chi connectivity index (χ3v) is 4.65. The van der Waals surface area contributed by atoms with E-state index in [4.69, 9.17) is 0 Å². The molecule has 0 radical (unpaired) electrons. The van der Waals surface area contributed by atoms with Crippen molar-refractivity contribution in [2.45, 2.75) is 86.5 Å². The van der Waals surface area contributed by atoms with Crippen LogP contribution in [0.1, 0.15) is 85.4 Å². The van der Waals surface area contributed by atoms with E-state index in [9.17, 15) is 0 Å². The van der Waals surface area contributed by atoms with E-state index in [1.807, 2.05) is 27.7 Å². The number of hydrogen-bond donors (Lipinski definition) is 0. The van der Waals surface area contributed by atoms with Crippen LogP contribution < -0.4 is 0 Å². The first-order valence-corrected chi connectivity index (χ1v) is 8.37. The second-order valence-electron chi connectivity index (χ2n) is 6.76. The van der Waals surface area contributed by atoms with E-state index in [0.717, 1.165) is 5.92 Å². The number of hydrogen-bond acceptors (Lipinski definition) is 0. The molecule has 0 saturated carbocycles. The molecule has 1 unspecified atom stereocenters. The molecule has 0 bridgehead atoms. The van der Waals surface area contributed by atoms with Gasteiger partial charge in [-0.15, -0.1) is 0 Å². The van der Waals surface area contributed by atoms with Crippen LogP contribution in [0.25, 0.3) is 0 Å². The van der Waals surface area contributed by atoms with Crippen molar-refractivity contribution in [3.05, 3.63) is 34.9 Å². The Balaban J connectivity index is 0. The Morgan fingerprint density at radius 2 is 1.38 bits per heavy atom. The van der Waals surface area contributed by atoms with Crippen LogP contribution in [-0.4, -0.2) is 5.48 Å². The van der Waals surface area contributed by atoms with Gasteiger partial charge in [0.25, 0.3) is 0 Å². The highest BCUT2D eigenvalue weighted by Gasteiger charge is 2.41. The van der Waals surface area contributed by atoms with Crippen LogP contribution in [0.3, 0.4) is 0 Å². The van der Waals surface area contributed by atoms with Gasteiger partial charge in [-0.05, 0) is 41.2 Å². The third-order valence-electron chi connectivity index (χ3n) is 4.65. The Morgan fingerprint density at radius 3 is 1.86 bits per heavy atom. The first kappa shape index (κ1) is 22.5. The molecule has 0 aliphatic heterocycles. The van der Waals surface area contributed by atoms with Gasteiger partial charge in [-0.1, -0.05) is 86.1 Å². The van der Waals surface area contributed by atoms with Crippen molar-refractivity contribution in [2.75, 3.05) is 0 Å². The lowest BCUT2D eigenvalue weighted by atomic mass is 9.58. The molecule has 1 aromatic rings. The van der Waals surface area contributed by atoms with Crippen molar-refractivity contribution in [2.24, 2.45) is 5.92 Å². The minimum Gasteiger partial charge on any atom is -0.412 e. The van der Waals surface area contributed by atoms with Gasteiger partial charge in [0.05, 0.1) is 0 Å². The summed E-state index contributed by atoms with van der Waals surface area (Å²) in [6.07, 6.45) is 1.29. The predicted octanol–water partition coefficient (Wildman–Crippen LogP) is 5.82. The van der Waals surface area contributed by atoms with E-state index >= 15 is 0 Å². The van der Waals surface area contributed by atoms with Crippen LogP contribution in [0.2, 0.25) is 0 Å². The van der Waals surface area contributed by atoms with Crippen molar-refractivity contribution in [1.29, 1.82) is 0 Å². The molecule has 0 amide bonds. The molecular formula is C20H38O. The summed E-state index contributed by atoms with van der Waals surface area (Å²) in [6, 6.07) is 7.00. The fourth-order valence-corrected chi connectivity index (χ4v) is 3.18. The molecule has 0 heterocycles. The van der Waals surface area contributed by atoms with Gasteiger partial charge in [-0.25, -0.2) is 0 Å². The molecule has 0 aromatic heterocycles. The van der Waals surface area contributed by atoms with E-state index in [1.165, 1.54) is 12.0 Å². The summed E-state index contributed by atoms with van der Waals surface area (Å²) in [5.41, 5.74) is 5.16. The van der Waals surface area contributed by atoms with Crippen molar-refractivity contribution in [3.8, 4) is 0 Å². The summed E-state index contributed by atoms with van der Waals surface area (Å²) in [7, 11) is 0. The van der Waals surface area contributed by atoms with Gasteiger partial charge in [0.1, 0.15) is 0 Å². The van der Waals surface area contributed by atoms with Gasteiger partial charge in [0.15, 0.2) is 0 Å². The molecule has 0 saturated heterocycles. The quantitative estimate of drug-likeness (QED) is 0.577. The normalized spacial score (nSPS) is 20.6. The Bertz CT molecular complexity index is 416. The van der Waals surface area contributed by atoms with Crippen molar-refractivity contribution in [3.63, 3.8) is 0 Å². The molecule has 2 rings (SSSR count). The number of rotatable bonds is 0. The fraction of sp³-hybridized carbons (Fsp3) is 0.700. The first-order chi connectivity index (χ1) is 9.25. The lowest BCUT2D eigenvalue weighted by Crippen LogP contribution is -2.40. The Kier molecular flexibility index (Phi) is 9.18. The Morgan fingerprint density at radius 1 is 0.905 bits per heavy atom. The summed E-state index contributed by atoms with van der Waals surface area (Å²) < 4.78 is 0. The lowest BCUT2D eigenvalue weighted by Gasteiger charge is -2.46. The number of benzene rings is 1. The van der Waals surface area contributed by atoms with Crippen molar-refractivity contribution in [1.82, 2.24) is 0 Å². The highest BCUT2D eigenvalue weighted by Crippen LogP contribution is 2.48. The lowest BCUT2D eigenvalue weighted by molar-refractivity contribution is 0.233. The zero-order valence-corrected chi connectivity index (χ0v) is 16.0. The maximum absolute atomic E-state index is 2.40. The van der Waals surface area contributed by atoms with Gasteiger partial charge in [-0.3, -0.25) is 0 Å². The minimum atomic E-state index is 0. The Hall–Kier alpha value is -0.820. The molecule has 1 atom stereocenters. The molecule has 0 spiro atoms. The van der Waals surface area contributed by atoms with Gasteiger partial charge in [-0.2, -0.15) is 0 Å². The van der Waals surface area contributed by atoms with Gasteiger partial charge in [0, 0.05) is 0 Å². The summed E-state index contributed by atoms with van der Waals surface area (Å²) in [5.74, 6) is 0.747. The molecule has 2 N–H and O–H groups in total. The zero-order chi connectivity index (χ0) is 16.1. The van der Waals surface area contributed by atoms with Crippen LogP contribution in [0.15, 0.2) is 18.2 Å². The Labute approximate surface area is 133 Å². The van der Waals surface area contributed by atoms with Gasteiger partial charge < -0.3 is 5.48 Å². The largest absolute Gasteiger partial charge is 0.412 e. The first-order valence-electron chi connectivity index (χ1n) is 8.37. The summed E-state index contributed by atoms with van der Waals surface area (Å²) in [5, 5.41) is 0. The molecule has 1 aliphatic carbocycles. The van der Waals surface area contributed by atoms with E-state index in [0.29, 0.717) is 10.8 Å².